The van der Waals surface area contributed by atoms with Gasteiger partial charge in [0.25, 0.3) is 17.7 Å². The lowest BCUT2D eigenvalue weighted by Crippen LogP contribution is -2.56. The first-order valence-electron chi connectivity index (χ1n) is 15.1. The van der Waals surface area contributed by atoms with Crippen molar-refractivity contribution < 1.29 is 14.4 Å². The highest BCUT2D eigenvalue weighted by molar-refractivity contribution is 6.07. The van der Waals surface area contributed by atoms with Crippen LogP contribution in [0.25, 0.3) is 5.69 Å². The first-order chi connectivity index (χ1) is 20.4. The Labute approximate surface area is 245 Å². The molecule has 0 bridgehead atoms. The van der Waals surface area contributed by atoms with Crippen LogP contribution >= 0.6 is 0 Å². The van der Waals surface area contributed by atoms with E-state index in [1.807, 2.05) is 62.4 Å². The van der Waals surface area contributed by atoms with E-state index in [4.69, 9.17) is 5.10 Å². The van der Waals surface area contributed by atoms with Crippen molar-refractivity contribution in [2.24, 2.45) is 11.8 Å². The summed E-state index contributed by atoms with van der Waals surface area (Å²) in [7, 11) is 0. The molecule has 2 aliphatic carbocycles. The smallest absolute Gasteiger partial charge is 0.276 e. The predicted molar refractivity (Wildman–Crippen MR) is 156 cm³/mol. The lowest BCUT2D eigenvalue weighted by Gasteiger charge is -2.38. The van der Waals surface area contributed by atoms with Crippen LogP contribution in [0.5, 0.6) is 0 Å². The normalized spacial score (nSPS) is 25.9. The molecule has 1 saturated heterocycles. The molecule has 7 rings (SSSR count). The van der Waals surface area contributed by atoms with Gasteiger partial charge in [-0.05, 0) is 80.7 Å². The van der Waals surface area contributed by atoms with Crippen LogP contribution < -0.4 is 10.2 Å². The summed E-state index contributed by atoms with van der Waals surface area (Å²) in [5.74, 6) is -0.0641. The highest BCUT2D eigenvalue weighted by atomic mass is 16.2. The Kier molecular flexibility index (Phi) is 6.37. The van der Waals surface area contributed by atoms with Gasteiger partial charge in [0.2, 0.25) is 0 Å². The second-order valence-corrected chi connectivity index (χ2v) is 11.9. The van der Waals surface area contributed by atoms with Gasteiger partial charge < -0.3 is 10.2 Å². The molecule has 3 heterocycles. The molecule has 9 nitrogen and oxygen atoms in total. The molecule has 3 amide bonds. The van der Waals surface area contributed by atoms with Crippen molar-refractivity contribution in [2.45, 2.75) is 70.0 Å². The number of para-hydroxylation sites is 1. The number of fused-ring (bicyclic) bond motifs is 2. The molecule has 2 aromatic carbocycles. The topological polar surface area (TPSA) is 111 Å². The number of rotatable bonds is 7. The number of carbonyl (C=O) groups excluding carboxylic acids is 3. The minimum atomic E-state index is -0.832. The van der Waals surface area contributed by atoms with E-state index in [1.165, 1.54) is 0 Å². The number of piperidine rings is 1. The van der Waals surface area contributed by atoms with Crippen molar-refractivity contribution in [3.63, 3.8) is 0 Å². The predicted octanol–water partition coefficient (Wildman–Crippen LogP) is 4.22. The van der Waals surface area contributed by atoms with Crippen LogP contribution in [0.2, 0.25) is 0 Å². The molecule has 4 aliphatic rings. The minimum Gasteiger partial charge on any atom is -0.340 e. The maximum absolute atomic E-state index is 14.4. The second-order valence-electron chi connectivity index (χ2n) is 11.9. The molecule has 0 spiro atoms. The molecule has 214 valence electrons. The third-order valence-corrected chi connectivity index (χ3v) is 9.40. The van der Waals surface area contributed by atoms with E-state index in [0.29, 0.717) is 35.8 Å². The van der Waals surface area contributed by atoms with E-state index < -0.39 is 18.0 Å². The maximum atomic E-state index is 14.4. The molecule has 2 saturated carbocycles. The first kappa shape index (κ1) is 26.4. The third kappa shape index (κ3) is 4.20. The lowest BCUT2D eigenvalue weighted by molar-refractivity contribution is -0.121. The highest BCUT2D eigenvalue weighted by Gasteiger charge is 2.57. The average Bonchev–Trinajstić information content (AvgIpc) is 3.94. The quantitative estimate of drug-likeness (QED) is 0.464. The maximum Gasteiger partial charge on any atom is 0.276 e. The van der Waals surface area contributed by atoms with Gasteiger partial charge in [0.05, 0.1) is 11.8 Å². The molecular weight excluding hydrogens is 528 g/mol. The Hall–Kier alpha value is -4.45. The van der Waals surface area contributed by atoms with E-state index in [0.717, 1.165) is 36.9 Å². The van der Waals surface area contributed by atoms with Crippen molar-refractivity contribution in [2.75, 3.05) is 11.4 Å². The minimum absolute atomic E-state index is 0.0629. The number of carbonyl (C=O) groups is 3. The SMILES string of the molecule is CCc1cccc(C(=O)N[C@@H]2C(=O)N(CC)c3c(c(C(=O)N4[C@H](C#N)C[C@H]5C[C@H]54)nn3-c3ccccc3)[C@@H]2C2CC2)c1. The molecule has 1 aromatic heterocycles. The van der Waals surface area contributed by atoms with Gasteiger partial charge in [-0.25, -0.2) is 4.68 Å². The van der Waals surface area contributed by atoms with Gasteiger partial charge >= 0.3 is 0 Å². The summed E-state index contributed by atoms with van der Waals surface area (Å²) in [4.78, 5) is 45.6. The summed E-state index contributed by atoms with van der Waals surface area (Å²) in [5, 5.41) is 17.9. The van der Waals surface area contributed by atoms with Crippen molar-refractivity contribution in [3.8, 4) is 11.8 Å². The standard InChI is InChI=1S/C33H34N6O3/c1-3-19-9-8-10-21(15-19)30(40)35-28-26(20-13-14-20)27-29(33(42)38-24(18-34)16-22-17-25(22)38)36-39(23-11-6-5-7-12-23)31(27)37(4-2)32(28)41/h5-12,15,20,22,24-26,28H,3-4,13-14,16-17H2,1-2H3,(H,35,40)/t22-,24-,25+,26-,28-/m0/s1. The summed E-state index contributed by atoms with van der Waals surface area (Å²) in [5.41, 5.74) is 3.30. The Bertz CT molecular complexity index is 1620. The molecule has 1 N–H and O–H groups in total. The first-order valence-corrected chi connectivity index (χ1v) is 15.1. The molecule has 2 aliphatic heterocycles. The number of hydrogen-bond acceptors (Lipinski definition) is 5. The number of anilines is 1. The van der Waals surface area contributed by atoms with Crippen molar-refractivity contribution in [3.05, 3.63) is 77.0 Å². The van der Waals surface area contributed by atoms with Gasteiger partial charge in [-0.2, -0.15) is 10.4 Å². The van der Waals surface area contributed by atoms with Crippen LogP contribution in [-0.4, -0.2) is 57.1 Å². The molecule has 3 aromatic rings. The summed E-state index contributed by atoms with van der Waals surface area (Å²) in [6, 6.07) is 18.1. The Morgan fingerprint density at radius 1 is 1.05 bits per heavy atom. The van der Waals surface area contributed by atoms with Crippen LogP contribution in [-0.2, 0) is 11.2 Å². The number of nitrogens with one attached hydrogen (secondary N) is 1. The van der Waals surface area contributed by atoms with Crippen molar-refractivity contribution in [1.29, 1.82) is 5.26 Å². The number of nitriles is 1. The zero-order chi connectivity index (χ0) is 29.1. The largest absolute Gasteiger partial charge is 0.340 e. The van der Waals surface area contributed by atoms with E-state index in [2.05, 4.69) is 11.4 Å². The molecular formula is C33H34N6O3. The number of likely N-dealkylation sites (tertiary alicyclic amines) is 1. The van der Waals surface area contributed by atoms with Crippen LogP contribution in [0.1, 0.15) is 77.4 Å². The summed E-state index contributed by atoms with van der Waals surface area (Å²) >= 11 is 0. The van der Waals surface area contributed by atoms with Gasteiger partial charge in [-0.15, -0.1) is 0 Å². The Morgan fingerprint density at radius 3 is 2.52 bits per heavy atom. The summed E-state index contributed by atoms with van der Waals surface area (Å²) in [6.07, 6.45) is 4.21. The van der Waals surface area contributed by atoms with E-state index in [-0.39, 0.29) is 35.4 Å². The zero-order valence-corrected chi connectivity index (χ0v) is 23.9. The molecule has 5 atom stereocenters. The van der Waals surface area contributed by atoms with Gasteiger partial charge in [-0.1, -0.05) is 37.3 Å². The molecule has 0 radical (unpaired) electrons. The molecule has 42 heavy (non-hydrogen) atoms. The number of amides is 3. The van der Waals surface area contributed by atoms with E-state index in [9.17, 15) is 19.6 Å². The highest BCUT2D eigenvalue weighted by Crippen LogP contribution is 2.53. The van der Waals surface area contributed by atoms with Gasteiger partial charge in [0.1, 0.15) is 17.9 Å². The van der Waals surface area contributed by atoms with Crippen LogP contribution in [0.3, 0.4) is 0 Å². The monoisotopic (exact) mass is 562 g/mol. The Morgan fingerprint density at radius 2 is 1.83 bits per heavy atom. The van der Waals surface area contributed by atoms with Crippen molar-refractivity contribution in [1.82, 2.24) is 20.0 Å². The summed E-state index contributed by atoms with van der Waals surface area (Å²) in [6.45, 7) is 4.28. The van der Waals surface area contributed by atoms with Gasteiger partial charge in [0, 0.05) is 29.6 Å². The van der Waals surface area contributed by atoms with E-state index in [1.54, 1.807) is 20.5 Å². The number of aromatic nitrogens is 2. The fourth-order valence-electron chi connectivity index (χ4n) is 7.05. The fraction of sp³-hybridized carbons (Fsp3) is 0.424. The number of aryl methyl sites for hydroxylation is 1. The van der Waals surface area contributed by atoms with Crippen LogP contribution in [0.15, 0.2) is 54.6 Å². The second kappa shape index (κ2) is 10.1. The lowest BCUT2D eigenvalue weighted by atomic mass is 9.82. The summed E-state index contributed by atoms with van der Waals surface area (Å²) < 4.78 is 1.71. The molecule has 3 fully saturated rings. The van der Waals surface area contributed by atoms with Gasteiger partial charge in [-0.3, -0.25) is 19.3 Å². The van der Waals surface area contributed by atoms with E-state index >= 15 is 0 Å². The van der Waals surface area contributed by atoms with Crippen molar-refractivity contribution >= 4 is 23.5 Å². The zero-order valence-electron chi connectivity index (χ0n) is 23.9. The third-order valence-electron chi connectivity index (χ3n) is 9.40. The Balaban J connectivity index is 1.37. The van der Waals surface area contributed by atoms with Gasteiger partial charge in [0.15, 0.2) is 5.69 Å². The van der Waals surface area contributed by atoms with Crippen LogP contribution in [0, 0.1) is 23.2 Å². The number of nitrogens with zero attached hydrogens (tertiary/aromatic N) is 5. The molecule has 9 heteroatoms. The van der Waals surface area contributed by atoms with Crippen LogP contribution in [0.4, 0.5) is 5.82 Å². The fourth-order valence-corrected chi connectivity index (χ4v) is 7.05. The average molecular weight is 563 g/mol. The number of likely N-dealkylation sites (N-methyl/N-ethyl adjacent to an activating group) is 1. The molecule has 0 unspecified atom stereocenters. The number of benzene rings is 2. The number of hydrogen-bond donors (Lipinski definition) is 1.